The summed E-state index contributed by atoms with van der Waals surface area (Å²) in [4.78, 5) is 28.0. The molecule has 1 unspecified atom stereocenters. The fourth-order valence-electron chi connectivity index (χ4n) is 4.03. The van der Waals surface area contributed by atoms with Gasteiger partial charge in [0, 0.05) is 5.75 Å². The molecule has 0 aliphatic carbocycles. The summed E-state index contributed by atoms with van der Waals surface area (Å²) in [6, 6.07) is 22.1. The van der Waals surface area contributed by atoms with Crippen LogP contribution in [0.25, 0.3) is 6.08 Å². The van der Waals surface area contributed by atoms with E-state index in [0.717, 1.165) is 16.7 Å². The van der Waals surface area contributed by atoms with Crippen LogP contribution >= 0.6 is 23.1 Å². The van der Waals surface area contributed by atoms with Gasteiger partial charge in [-0.25, -0.2) is 4.39 Å². The number of ketones is 1. The molecule has 1 N–H and O–H groups in total. The Hall–Kier alpha value is -4.08. The van der Waals surface area contributed by atoms with Crippen molar-refractivity contribution in [2.75, 3.05) is 4.90 Å². The number of rotatable bonds is 8. The smallest absolute Gasteiger partial charge is 0.296 e. The van der Waals surface area contributed by atoms with Crippen LogP contribution in [0.2, 0.25) is 0 Å². The van der Waals surface area contributed by atoms with Gasteiger partial charge in [0.05, 0.1) is 11.6 Å². The van der Waals surface area contributed by atoms with Crippen LogP contribution in [-0.2, 0) is 15.3 Å². The van der Waals surface area contributed by atoms with Crippen LogP contribution in [0.15, 0.2) is 101 Å². The van der Waals surface area contributed by atoms with E-state index in [2.05, 4.69) is 10.2 Å². The number of carbonyl (C=O) groups is 2. The predicted octanol–water partition coefficient (Wildman–Crippen LogP) is 6.46. The SMILES string of the molecule is Cc1ccc(C2C(C(=O)/C=C/c3ccccc3)=C(O)C(=O)N2c2nnc(SCc3ccc(F)cc3)s2)cc1. The molecule has 0 saturated carbocycles. The predicted molar refractivity (Wildman–Crippen MR) is 147 cm³/mol. The average Bonchev–Trinajstić information content (AvgIpc) is 3.50. The molecule has 2 heterocycles. The van der Waals surface area contributed by atoms with Gasteiger partial charge in [-0.1, -0.05) is 101 Å². The second kappa shape index (κ2) is 11.1. The van der Waals surface area contributed by atoms with Gasteiger partial charge in [-0.2, -0.15) is 0 Å². The first-order valence-electron chi connectivity index (χ1n) is 11.7. The van der Waals surface area contributed by atoms with Gasteiger partial charge < -0.3 is 5.11 Å². The van der Waals surface area contributed by atoms with Crippen molar-refractivity contribution in [1.82, 2.24) is 10.2 Å². The summed E-state index contributed by atoms with van der Waals surface area (Å²) in [7, 11) is 0. The molecule has 0 fully saturated rings. The number of nitrogens with zero attached hydrogens (tertiary/aromatic N) is 3. The van der Waals surface area contributed by atoms with E-state index in [1.807, 2.05) is 61.5 Å². The van der Waals surface area contributed by atoms with Crippen molar-refractivity contribution >= 4 is 46.0 Å². The third-order valence-corrected chi connectivity index (χ3v) is 8.10. The van der Waals surface area contributed by atoms with Crippen LogP contribution in [0.5, 0.6) is 0 Å². The van der Waals surface area contributed by atoms with Crippen LogP contribution in [0, 0.1) is 12.7 Å². The molecule has 1 aromatic heterocycles. The monoisotopic (exact) mass is 543 g/mol. The van der Waals surface area contributed by atoms with Gasteiger partial charge in [0.2, 0.25) is 5.13 Å². The number of aliphatic hydroxyl groups excluding tert-OH is 1. The molecular formula is C29H22FN3O3S2. The zero-order valence-corrected chi connectivity index (χ0v) is 21.9. The van der Waals surface area contributed by atoms with Crippen molar-refractivity contribution in [1.29, 1.82) is 0 Å². The highest BCUT2D eigenvalue weighted by Gasteiger charge is 2.45. The summed E-state index contributed by atoms with van der Waals surface area (Å²) in [6.07, 6.45) is 3.01. The second-order valence-corrected chi connectivity index (χ2v) is 10.8. The van der Waals surface area contributed by atoms with E-state index in [-0.39, 0.29) is 16.5 Å². The normalized spacial score (nSPS) is 15.6. The summed E-state index contributed by atoms with van der Waals surface area (Å²) < 4.78 is 13.8. The molecule has 4 aromatic rings. The van der Waals surface area contributed by atoms with Gasteiger partial charge in [0.25, 0.3) is 5.91 Å². The summed E-state index contributed by atoms with van der Waals surface area (Å²) in [5.74, 6) is -1.54. The van der Waals surface area contributed by atoms with E-state index in [4.69, 9.17) is 0 Å². The molecule has 3 aromatic carbocycles. The lowest BCUT2D eigenvalue weighted by Crippen LogP contribution is -2.30. The summed E-state index contributed by atoms with van der Waals surface area (Å²) in [5, 5.41) is 19.6. The molecule has 6 nitrogen and oxygen atoms in total. The van der Waals surface area contributed by atoms with Gasteiger partial charge in [-0.15, -0.1) is 10.2 Å². The standard InChI is InChI=1S/C29H22FN3O3S2/c1-18-7-12-21(13-8-18)25-24(23(34)16-11-19-5-3-2-4-6-19)26(35)27(36)33(25)28-31-32-29(38-28)37-17-20-9-14-22(30)15-10-20/h2-16,25,35H,17H2,1H3/b16-11+. The fraction of sp³-hybridized carbons (Fsp3) is 0.103. The van der Waals surface area contributed by atoms with Crippen molar-refractivity contribution < 1.29 is 19.1 Å². The first-order valence-corrected chi connectivity index (χ1v) is 13.5. The maximum Gasteiger partial charge on any atom is 0.296 e. The number of thioether (sulfide) groups is 1. The number of hydrogen-bond acceptors (Lipinski definition) is 7. The van der Waals surface area contributed by atoms with E-state index in [9.17, 15) is 19.1 Å². The molecule has 190 valence electrons. The Labute approximate surface area is 227 Å². The van der Waals surface area contributed by atoms with Gasteiger partial charge in [0.15, 0.2) is 15.9 Å². The number of carbonyl (C=O) groups excluding carboxylic acids is 2. The minimum absolute atomic E-state index is 0.0123. The topological polar surface area (TPSA) is 83.4 Å². The zero-order valence-electron chi connectivity index (χ0n) is 20.2. The van der Waals surface area contributed by atoms with E-state index in [0.29, 0.717) is 15.7 Å². The number of amides is 1. The lowest BCUT2D eigenvalue weighted by atomic mass is 9.95. The van der Waals surface area contributed by atoms with Crippen LogP contribution < -0.4 is 4.90 Å². The van der Waals surface area contributed by atoms with Crippen molar-refractivity contribution in [3.05, 3.63) is 124 Å². The highest BCUT2D eigenvalue weighted by atomic mass is 32.2. The van der Waals surface area contributed by atoms with Crippen LogP contribution in [-0.4, -0.2) is 27.0 Å². The van der Waals surface area contributed by atoms with E-state index >= 15 is 0 Å². The van der Waals surface area contributed by atoms with Gasteiger partial charge in [-0.05, 0) is 41.8 Å². The number of aromatic nitrogens is 2. The van der Waals surface area contributed by atoms with E-state index in [1.54, 1.807) is 18.2 Å². The molecule has 1 aliphatic rings. The largest absolute Gasteiger partial charge is 0.503 e. The number of hydrogen-bond donors (Lipinski definition) is 1. The highest BCUT2D eigenvalue weighted by molar-refractivity contribution is 8.00. The lowest BCUT2D eigenvalue weighted by molar-refractivity contribution is -0.117. The molecule has 1 amide bonds. The second-order valence-electron chi connectivity index (χ2n) is 8.62. The van der Waals surface area contributed by atoms with Crippen molar-refractivity contribution in [3.8, 4) is 0 Å². The zero-order chi connectivity index (χ0) is 26.6. The molecule has 38 heavy (non-hydrogen) atoms. The summed E-state index contributed by atoms with van der Waals surface area (Å²) in [6.45, 7) is 1.94. The van der Waals surface area contributed by atoms with Gasteiger partial charge in [0.1, 0.15) is 5.82 Å². The Bertz CT molecular complexity index is 1530. The average molecular weight is 544 g/mol. The summed E-state index contributed by atoms with van der Waals surface area (Å²) in [5.41, 5.74) is 3.41. The van der Waals surface area contributed by atoms with E-state index in [1.165, 1.54) is 46.2 Å². The third kappa shape index (κ3) is 5.44. The number of halogens is 1. The molecule has 0 bridgehead atoms. The number of aliphatic hydroxyl groups is 1. The Kier molecular flexibility index (Phi) is 7.48. The maximum absolute atomic E-state index is 13.3. The molecule has 5 rings (SSSR count). The minimum atomic E-state index is -0.862. The van der Waals surface area contributed by atoms with Crippen molar-refractivity contribution in [2.24, 2.45) is 0 Å². The first kappa shape index (κ1) is 25.6. The van der Waals surface area contributed by atoms with Crippen LogP contribution in [0.3, 0.4) is 0 Å². The maximum atomic E-state index is 13.3. The number of allylic oxidation sites excluding steroid dienone is 1. The molecule has 0 spiro atoms. The van der Waals surface area contributed by atoms with Crippen LogP contribution in [0.4, 0.5) is 9.52 Å². The Morgan fingerprint density at radius 2 is 1.76 bits per heavy atom. The number of anilines is 1. The first-order chi connectivity index (χ1) is 18.4. The molecule has 1 aliphatic heterocycles. The lowest BCUT2D eigenvalue weighted by Gasteiger charge is -2.23. The Morgan fingerprint density at radius 1 is 1.05 bits per heavy atom. The molecule has 0 saturated heterocycles. The molecule has 0 radical (unpaired) electrons. The van der Waals surface area contributed by atoms with Gasteiger partial charge in [-0.3, -0.25) is 14.5 Å². The van der Waals surface area contributed by atoms with Crippen molar-refractivity contribution in [3.63, 3.8) is 0 Å². The molecule has 9 heteroatoms. The molecular weight excluding hydrogens is 521 g/mol. The number of aryl methyl sites for hydroxylation is 1. The van der Waals surface area contributed by atoms with E-state index < -0.39 is 23.5 Å². The van der Waals surface area contributed by atoms with Crippen molar-refractivity contribution in [2.45, 2.75) is 23.1 Å². The Balaban J connectivity index is 1.45. The number of benzene rings is 3. The highest BCUT2D eigenvalue weighted by Crippen LogP contribution is 2.43. The third-order valence-electron chi connectivity index (χ3n) is 5.97. The summed E-state index contributed by atoms with van der Waals surface area (Å²) >= 11 is 2.59. The minimum Gasteiger partial charge on any atom is -0.503 e. The van der Waals surface area contributed by atoms with Gasteiger partial charge >= 0.3 is 0 Å². The Morgan fingerprint density at radius 3 is 2.47 bits per heavy atom. The molecule has 1 atom stereocenters. The quantitative estimate of drug-likeness (QED) is 0.156. The fourth-order valence-corrected chi connectivity index (χ4v) is 5.85. The van der Waals surface area contributed by atoms with Crippen LogP contribution in [0.1, 0.15) is 28.3 Å².